The zero-order valence-corrected chi connectivity index (χ0v) is 19.8. The normalized spacial score (nSPS) is 15.9. The number of primary amides is 1. The molecule has 1 aliphatic heterocycles. The van der Waals surface area contributed by atoms with Gasteiger partial charge in [-0.05, 0) is 23.3 Å². The smallest absolute Gasteiger partial charge is 0.255 e. The van der Waals surface area contributed by atoms with Crippen LogP contribution in [0.5, 0.6) is 5.75 Å². The summed E-state index contributed by atoms with van der Waals surface area (Å²) in [6, 6.07) is 13.8. The summed E-state index contributed by atoms with van der Waals surface area (Å²) in [6.45, 7) is 5.79. The molecule has 2 amide bonds. The highest BCUT2D eigenvalue weighted by atomic mass is 16.5. The van der Waals surface area contributed by atoms with Crippen LogP contribution in [0.3, 0.4) is 0 Å². The number of carbonyl (C=O) groups excluding carboxylic acids is 3. The Morgan fingerprint density at radius 3 is 2.32 bits per heavy atom. The summed E-state index contributed by atoms with van der Waals surface area (Å²) >= 11 is 0. The van der Waals surface area contributed by atoms with Gasteiger partial charge in [-0.15, -0.1) is 0 Å². The van der Waals surface area contributed by atoms with E-state index in [1.807, 2.05) is 45.0 Å². The van der Waals surface area contributed by atoms with Crippen molar-refractivity contribution in [1.82, 2.24) is 15.8 Å². The number of hydrogen-bond acceptors (Lipinski definition) is 7. The molecule has 0 aromatic heterocycles. The van der Waals surface area contributed by atoms with Crippen molar-refractivity contribution in [2.75, 3.05) is 13.7 Å². The van der Waals surface area contributed by atoms with E-state index in [0.29, 0.717) is 17.9 Å². The van der Waals surface area contributed by atoms with Crippen LogP contribution in [0.15, 0.2) is 59.9 Å². The number of methoxy groups -OCH3 is 1. The zero-order valence-electron chi connectivity index (χ0n) is 19.8. The molecule has 2 aromatic carbocycles. The fraction of sp³-hybridized carbons (Fsp3) is 0.320. The fourth-order valence-corrected chi connectivity index (χ4v) is 3.54. The molecule has 0 bridgehead atoms. The number of ether oxygens (including phenoxy) is 1. The van der Waals surface area contributed by atoms with Crippen molar-refractivity contribution >= 4 is 17.6 Å². The molecular weight excluding hydrogens is 434 g/mol. The molecule has 0 radical (unpaired) electrons. The highest BCUT2D eigenvalue weighted by Gasteiger charge is 2.36. The number of Topliss-reactive ketones (excluding diaryl/α,β-unsaturated/α-hetero) is 1. The maximum Gasteiger partial charge on any atom is 0.255 e. The fourth-order valence-electron chi connectivity index (χ4n) is 3.54. The molecule has 9 heteroatoms. The van der Waals surface area contributed by atoms with Crippen LogP contribution < -0.4 is 26.9 Å². The third-order valence-corrected chi connectivity index (χ3v) is 5.66. The number of benzene rings is 2. The predicted octanol–water partition coefficient (Wildman–Crippen LogP) is 1.76. The maximum atomic E-state index is 12.5. The van der Waals surface area contributed by atoms with Crippen LogP contribution in [0, 0.1) is 5.41 Å². The lowest BCUT2D eigenvalue weighted by atomic mass is 9.91. The van der Waals surface area contributed by atoms with Crippen molar-refractivity contribution in [3.63, 3.8) is 0 Å². The number of carbonyl (C=O) groups is 3. The second-order valence-corrected chi connectivity index (χ2v) is 9.11. The minimum atomic E-state index is -0.658. The Bertz CT molecular complexity index is 1120. The number of para-hydroxylation sites is 1. The Balaban J connectivity index is 1.71. The number of rotatable bonds is 8. The van der Waals surface area contributed by atoms with Gasteiger partial charge in [0.05, 0.1) is 30.8 Å². The Morgan fingerprint density at radius 1 is 1.09 bits per heavy atom. The summed E-state index contributed by atoms with van der Waals surface area (Å²) in [5.41, 5.74) is 16.6. The van der Waals surface area contributed by atoms with Crippen molar-refractivity contribution < 1.29 is 19.1 Å². The summed E-state index contributed by atoms with van der Waals surface area (Å²) in [7, 11) is 1.52. The van der Waals surface area contributed by atoms with Gasteiger partial charge in [-0.1, -0.05) is 57.2 Å². The molecule has 1 atom stereocenters. The predicted molar refractivity (Wildman–Crippen MR) is 128 cm³/mol. The molecule has 3 rings (SSSR count). The summed E-state index contributed by atoms with van der Waals surface area (Å²) in [5.74, 6) is -0.295. The van der Waals surface area contributed by atoms with E-state index >= 15 is 0 Å². The van der Waals surface area contributed by atoms with E-state index in [4.69, 9.17) is 16.2 Å². The lowest BCUT2D eigenvalue weighted by Gasteiger charge is -2.25. The Labute approximate surface area is 199 Å². The molecule has 1 heterocycles. The molecule has 0 spiro atoms. The zero-order chi connectivity index (χ0) is 25.0. The van der Waals surface area contributed by atoms with Gasteiger partial charge >= 0.3 is 0 Å². The summed E-state index contributed by atoms with van der Waals surface area (Å²) in [4.78, 5) is 37.1. The Kier molecular flexibility index (Phi) is 7.26. The summed E-state index contributed by atoms with van der Waals surface area (Å²) in [5, 5.41) is 4.34. The van der Waals surface area contributed by atoms with Crippen molar-refractivity contribution in [3.05, 3.63) is 76.6 Å². The molecule has 1 unspecified atom stereocenters. The van der Waals surface area contributed by atoms with Gasteiger partial charge < -0.3 is 21.5 Å². The summed E-state index contributed by atoms with van der Waals surface area (Å²) < 4.78 is 5.24. The first-order valence-corrected chi connectivity index (χ1v) is 10.9. The lowest BCUT2D eigenvalue weighted by Crippen LogP contribution is -2.42. The van der Waals surface area contributed by atoms with E-state index in [-0.39, 0.29) is 29.6 Å². The molecular formula is C25H31N5O4. The first-order chi connectivity index (χ1) is 16.0. The van der Waals surface area contributed by atoms with Gasteiger partial charge in [0.25, 0.3) is 5.91 Å². The molecule has 0 saturated heterocycles. The number of ketones is 1. The number of hydrazine groups is 1. The number of amides is 2. The highest BCUT2D eigenvalue weighted by Crippen LogP contribution is 2.31. The van der Waals surface area contributed by atoms with E-state index in [1.54, 1.807) is 24.3 Å². The largest absolute Gasteiger partial charge is 0.496 e. The van der Waals surface area contributed by atoms with Gasteiger partial charge in [-0.2, -0.15) is 0 Å². The van der Waals surface area contributed by atoms with Crippen LogP contribution >= 0.6 is 0 Å². The Hall–Kier alpha value is -3.85. The number of hydrogen-bond donors (Lipinski definition) is 4. The number of nitrogens with two attached hydrogens (primary N) is 2. The van der Waals surface area contributed by atoms with E-state index in [1.165, 1.54) is 12.1 Å². The first-order valence-electron chi connectivity index (χ1n) is 10.9. The van der Waals surface area contributed by atoms with Crippen LogP contribution in [0.4, 0.5) is 0 Å². The van der Waals surface area contributed by atoms with Crippen molar-refractivity contribution in [2.45, 2.75) is 33.4 Å². The Morgan fingerprint density at radius 2 is 1.74 bits per heavy atom. The van der Waals surface area contributed by atoms with Crippen LogP contribution in [0.1, 0.15) is 48.3 Å². The van der Waals surface area contributed by atoms with Gasteiger partial charge in [-0.3, -0.25) is 19.4 Å². The monoisotopic (exact) mass is 465 g/mol. The van der Waals surface area contributed by atoms with Crippen LogP contribution in [0.2, 0.25) is 0 Å². The quantitative estimate of drug-likeness (QED) is 0.466. The topological polar surface area (TPSA) is 140 Å². The SMILES string of the molecule is COc1ccccc1C(=O)NCc1ccc(C2NN(CC(=O)C(C)(C)C)C(N)=C2C(N)=O)cc1. The molecule has 0 fully saturated rings. The van der Waals surface area contributed by atoms with Gasteiger partial charge in [-0.25, -0.2) is 5.43 Å². The van der Waals surface area contributed by atoms with Crippen LogP contribution in [0.25, 0.3) is 0 Å². The third kappa shape index (κ3) is 5.37. The molecule has 9 nitrogen and oxygen atoms in total. The molecule has 0 aliphatic carbocycles. The minimum Gasteiger partial charge on any atom is -0.496 e. The average Bonchev–Trinajstić information content (AvgIpc) is 3.13. The lowest BCUT2D eigenvalue weighted by molar-refractivity contribution is -0.127. The standard InChI is InChI=1S/C25H31N5O4/c1-25(2,3)19(31)14-30-22(26)20(23(27)32)21(29-30)16-11-9-15(10-12-16)13-28-24(33)17-7-5-6-8-18(17)34-4/h5-12,21,29H,13-14,26H2,1-4H3,(H2,27,32)(H,28,33). The molecule has 34 heavy (non-hydrogen) atoms. The van der Waals surface area contributed by atoms with Crippen LogP contribution in [-0.4, -0.2) is 36.3 Å². The highest BCUT2D eigenvalue weighted by molar-refractivity contribution is 5.97. The second-order valence-electron chi connectivity index (χ2n) is 9.11. The molecule has 1 aliphatic rings. The average molecular weight is 466 g/mol. The van der Waals surface area contributed by atoms with Crippen molar-refractivity contribution in [1.29, 1.82) is 0 Å². The molecule has 180 valence electrons. The summed E-state index contributed by atoms with van der Waals surface area (Å²) in [6.07, 6.45) is 0. The van der Waals surface area contributed by atoms with E-state index in [2.05, 4.69) is 10.7 Å². The van der Waals surface area contributed by atoms with Gasteiger partial charge in [0.15, 0.2) is 5.78 Å². The first kappa shape index (κ1) is 24.8. The van der Waals surface area contributed by atoms with Crippen LogP contribution in [-0.2, 0) is 16.1 Å². The van der Waals surface area contributed by atoms with E-state index in [9.17, 15) is 14.4 Å². The molecule has 0 saturated carbocycles. The minimum absolute atomic E-state index is 0.00960. The van der Waals surface area contributed by atoms with Gasteiger partial charge in [0.2, 0.25) is 5.91 Å². The number of nitrogens with one attached hydrogen (secondary N) is 2. The molecule has 6 N–H and O–H groups in total. The third-order valence-electron chi connectivity index (χ3n) is 5.66. The van der Waals surface area contributed by atoms with E-state index < -0.39 is 17.4 Å². The van der Waals surface area contributed by atoms with Crippen molar-refractivity contribution in [2.24, 2.45) is 16.9 Å². The van der Waals surface area contributed by atoms with E-state index in [0.717, 1.165) is 11.1 Å². The van der Waals surface area contributed by atoms with Gasteiger partial charge in [0, 0.05) is 12.0 Å². The second kappa shape index (κ2) is 9.96. The maximum absolute atomic E-state index is 12.5. The van der Waals surface area contributed by atoms with Gasteiger partial charge in [0.1, 0.15) is 11.6 Å². The molecule has 2 aromatic rings. The van der Waals surface area contributed by atoms with Crippen molar-refractivity contribution in [3.8, 4) is 5.75 Å². The number of nitrogens with zero attached hydrogens (tertiary/aromatic N) is 1.